The Morgan fingerprint density at radius 3 is 2.23 bits per heavy atom. The van der Waals surface area contributed by atoms with Crippen LogP contribution in [0.25, 0.3) is 0 Å². The Hall–Kier alpha value is -3.02. The molecule has 0 aromatic heterocycles. The lowest BCUT2D eigenvalue weighted by atomic mass is 10.1. The fraction of sp³-hybridized carbons (Fsp3) is 0.300. The lowest BCUT2D eigenvalue weighted by Gasteiger charge is -2.32. The quantitative estimate of drug-likeness (QED) is 0.868. The molecule has 0 saturated carbocycles. The molecule has 6 nitrogen and oxygen atoms in total. The van der Waals surface area contributed by atoms with E-state index in [2.05, 4.69) is 10.6 Å². The second-order valence-corrected chi connectivity index (χ2v) is 6.22. The predicted octanol–water partition coefficient (Wildman–Crippen LogP) is 2.88. The Kier molecular flexibility index (Phi) is 6.09. The number of piperidine rings is 1. The Bertz CT molecular complexity index is 714. The van der Waals surface area contributed by atoms with Crippen molar-refractivity contribution in [2.45, 2.75) is 18.9 Å². The molecule has 0 atom stereocenters. The summed E-state index contributed by atoms with van der Waals surface area (Å²) in [6.45, 7) is 1.27. The van der Waals surface area contributed by atoms with Crippen molar-refractivity contribution in [2.24, 2.45) is 0 Å². The number of carbonyl (C=O) groups is 2. The first-order valence-electron chi connectivity index (χ1n) is 8.79. The maximum absolute atomic E-state index is 12.2. The van der Waals surface area contributed by atoms with Crippen LogP contribution in [0.15, 0.2) is 60.7 Å². The monoisotopic (exact) mass is 353 g/mol. The third kappa shape index (κ3) is 5.24. The van der Waals surface area contributed by atoms with Gasteiger partial charge in [0.15, 0.2) is 6.61 Å². The van der Waals surface area contributed by atoms with Gasteiger partial charge in [0.2, 0.25) is 0 Å². The van der Waals surface area contributed by atoms with Crippen molar-refractivity contribution >= 4 is 17.6 Å². The summed E-state index contributed by atoms with van der Waals surface area (Å²) < 4.78 is 5.51. The molecule has 1 heterocycles. The summed E-state index contributed by atoms with van der Waals surface area (Å²) in [6.07, 6.45) is 1.47. The van der Waals surface area contributed by atoms with Crippen molar-refractivity contribution in [3.05, 3.63) is 60.7 Å². The molecule has 3 rings (SSSR count). The molecular formula is C20H23N3O3. The van der Waals surface area contributed by atoms with Crippen molar-refractivity contribution in [1.29, 1.82) is 0 Å². The Morgan fingerprint density at radius 1 is 0.962 bits per heavy atom. The highest BCUT2D eigenvalue weighted by atomic mass is 16.5. The number of ether oxygens (including phenoxy) is 1. The highest BCUT2D eigenvalue weighted by molar-refractivity contribution is 5.89. The van der Waals surface area contributed by atoms with Gasteiger partial charge >= 0.3 is 6.03 Å². The molecule has 1 fully saturated rings. The fourth-order valence-corrected chi connectivity index (χ4v) is 2.90. The summed E-state index contributed by atoms with van der Waals surface area (Å²) >= 11 is 0. The van der Waals surface area contributed by atoms with E-state index in [9.17, 15) is 9.59 Å². The molecule has 6 heteroatoms. The zero-order valence-electron chi connectivity index (χ0n) is 14.6. The van der Waals surface area contributed by atoms with E-state index < -0.39 is 0 Å². The van der Waals surface area contributed by atoms with Gasteiger partial charge in [0.25, 0.3) is 5.91 Å². The number of rotatable bonds is 5. The highest BCUT2D eigenvalue weighted by Gasteiger charge is 2.24. The molecule has 0 unspecified atom stereocenters. The predicted molar refractivity (Wildman–Crippen MR) is 100 cm³/mol. The van der Waals surface area contributed by atoms with E-state index in [0.29, 0.717) is 18.8 Å². The summed E-state index contributed by atoms with van der Waals surface area (Å²) in [6, 6.07) is 18.5. The Balaban J connectivity index is 1.38. The van der Waals surface area contributed by atoms with Crippen molar-refractivity contribution in [3.63, 3.8) is 0 Å². The van der Waals surface area contributed by atoms with Gasteiger partial charge in [-0.25, -0.2) is 4.79 Å². The molecule has 3 amide bonds. The standard InChI is InChI=1S/C20H23N3O3/c24-19(15-26-18-9-5-2-6-10-18)23-13-11-17(12-14-23)22-20(25)21-16-7-3-1-4-8-16/h1-10,17H,11-15H2,(H2,21,22,25). The third-order valence-electron chi connectivity index (χ3n) is 4.32. The molecule has 0 aliphatic carbocycles. The minimum Gasteiger partial charge on any atom is -0.484 e. The van der Waals surface area contributed by atoms with Crippen molar-refractivity contribution in [3.8, 4) is 5.75 Å². The molecule has 0 spiro atoms. The lowest BCUT2D eigenvalue weighted by Crippen LogP contribution is -2.48. The van der Waals surface area contributed by atoms with Crippen molar-refractivity contribution in [1.82, 2.24) is 10.2 Å². The number of likely N-dealkylation sites (tertiary alicyclic amines) is 1. The average Bonchev–Trinajstić information content (AvgIpc) is 2.68. The van der Waals surface area contributed by atoms with Crippen LogP contribution in [0.5, 0.6) is 5.75 Å². The minimum absolute atomic E-state index is 0.0268. The zero-order valence-corrected chi connectivity index (χ0v) is 14.6. The molecule has 1 aliphatic rings. The Labute approximate surface area is 153 Å². The number of hydrogen-bond acceptors (Lipinski definition) is 3. The van der Waals surface area contributed by atoms with E-state index in [1.54, 1.807) is 4.90 Å². The molecule has 1 saturated heterocycles. The summed E-state index contributed by atoms with van der Waals surface area (Å²) in [5, 5.41) is 5.78. The van der Waals surface area contributed by atoms with Gasteiger partial charge in [-0.15, -0.1) is 0 Å². The van der Waals surface area contributed by atoms with E-state index >= 15 is 0 Å². The van der Waals surface area contributed by atoms with Crippen LogP contribution >= 0.6 is 0 Å². The number of amides is 3. The minimum atomic E-state index is -0.214. The van der Waals surface area contributed by atoms with Gasteiger partial charge in [-0.3, -0.25) is 4.79 Å². The van der Waals surface area contributed by atoms with Crippen LogP contribution in [0, 0.1) is 0 Å². The first kappa shape index (κ1) is 17.8. The number of urea groups is 1. The number of hydrogen-bond donors (Lipinski definition) is 2. The van der Waals surface area contributed by atoms with E-state index in [4.69, 9.17) is 4.74 Å². The van der Waals surface area contributed by atoms with Crippen LogP contribution < -0.4 is 15.4 Å². The molecule has 2 aromatic rings. The molecule has 26 heavy (non-hydrogen) atoms. The normalized spacial score (nSPS) is 14.5. The molecule has 136 valence electrons. The van der Waals surface area contributed by atoms with Gasteiger partial charge in [0, 0.05) is 24.8 Å². The van der Waals surface area contributed by atoms with Crippen molar-refractivity contribution < 1.29 is 14.3 Å². The van der Waals surface area contributed by atoms with E-state index in [1.165, 1.54) is 0 Å². The van der Waals surface area contributed by atoms with Crippen LogP contribution in [-0.2, 0) is 4.79 Å². The second kappa shape index (κ2) is 8.89. The van der Waals surface area contributed by atoms with Crippen LogP contribution in [0.1, 0.15) is 12.8 Å². The van der Waals surface area contributed by atoms with Gasteiger partial charge in [0.05, 0.1) is 0 Å². The van der Waals surface area contributed by atoms with E-state index in [1.807, 2.05) is 60.7 Å². The molecule has 0 radical (unpaired) electrons. The molecular weight excluding hydrogens is 330 g/mol. The van der Waals surface area contributed by atoms with Crippen molar-refractivity contribution in [2.75, 3.05) is 25.0 Å². The van der Waals surface area contributed by atoms with E-state index in [0.717, 1.165) is 18.5 Å². The van der Waals surface area contributed by atoms with Crippen LogP contribution in [0.4, 0.5) is 10.5 Å². The smallest absolute Gasteiger partial charge is 0.319 e. The summed E-state index contributed by atoms with van der Waals surface area (Å²) in [4.78, 5) is 26.1. The van der Waals surface area contributed by atoms with Gasteiger partial charge in [-0.2, -0.15) is 0 Å². The first-order chi connectivity index (χ1) is 12.7. The molecule has 2 aromatic carbocycles. The fourth-order valence-electron chi connectivity index (χ4n) is 2.90. The lowest BCUT2D eigenvalue weighted by molar-refractivity contribution is -0.134. The number of carbonyl (C=O) groups excluding carboxylic acids is 2. The van der Waals surface area contributed by atoms with Gasteiger partial charge in [-0.05, 0) is 37.1 Å². The third-order valence-corrected chi connectivity index (χ3v) is 4.32. The summed E-state index contributed by atoms with van der Waals surface area (Å²) in [5.41, 5.74) is 0.760. The van der Waals surface area contributed by atoms with Crippen LogP contribution in [0.3, 0.4) is 0 Å². The number of anilines is 1. The topological polar surface area (TPSA) is 70.7 Å². The number of nitrogens with zero attached hydrogens (tertiary/aromatic N) is 1. The Morgan fingerprint density at radius 2 is 1.58 bits per heavy atom. The van der Waals surface area contributed by atoms with Gasteiger partial charge in [0.1, 0.15) is 5.75 Å². The van der Waals surface area contributed by atoms with Crippen LogP contribution in [-0.4, -0.2) is 42.6 Å². The SMILES string of the molecule is O=C(Nc1ccccc1)NC1CCN(C(=O)COc2ccccc2)CC1. The average molecular weight is 353 g/mol. The second-order valence-electron chi connectivity index (χ2n) is 6.22. The first-order valence-corrected chi connectivity index (χ1v) is 8.79. The summed E-state index contributed by atoms with van der Waals surface area (Å²) in [7, 11) is 0. The number of para-hydroxylation sites is 2. The number of benzene rings is 2. The largest absolute Gasteiger partial charge is 0.484 e. The molecule has 0 bridgehead atoms. The van der Waals surface area contributed by atoms with Crippen LogP contribution in [0.2, 0.25) is 0 Å². The molecule has 1 aliphatic heterocycles. The maximum atomic E-state index is 12.2. The van der Waals surface area contributed by atoms with E-state index in [-0.39, 0.29) is 24.6 Å². The van der Waals surface area contributed by atoms with Gasteiger partial charge in [-0.1, -0.05) is 36.4 Å². The zero-order chi connectivity index (χ0) is 18.2. The maximum Gasteiger partial charge on any atom is 0.319 e. The van der Waals surface area contributed by atoms with Gasteiger partial charge < -0.3 is 20.3 Å². The summed E-state index contributed by atoms with van der Waals surface area (Å²) in [5.74, 6) is 0.663. The number of nitrogens with one attached hydrogen (secondary N) is 2. The highest BCUT2D eigenvalue weighted by Crippen LogP contribution is 2.13. The molecule has 2 N–H and O–H groups in total.